The molecule has 1 aromatic heterocycles. The van der Waals surface area contributed by atoms with E-state index in [0.29, 0.717) is 37.6 Å². The van der Waals surface area contributed by atoms with Crippen molar-refractivity contribution in [2.75, 3.05) is 36.0 Å². The maximum Gasteiger partial charge on any atom is 0.251 e. The molecule has 0 spiro atoms. The molecule has 2 saturated heterocycles. The molecule has 0 bridgehead atoms. The number of fused-ring (bicyclic) bond motifs is 1. The smallest absolute Gasteiger partial charge is 0.251 e. The summed E-state index contributed by atoms with van der Waals surface area (Å²) < 4.78 is 15.3. The highest BCUT2D eigenvalue weighted by Gasteiger charge is 2.43. The predicted molar refractivity (Wildman–Crippen MR) is 141 cm³/mol. The molecule has 2 amide bonds. The van der Waals surface area contributed by atoms with Crippen molar-refractivity contribution in [2.45, 2.75) is 19.4 Å². The number of para-hydroxylation sites is 1. The van der Waals surface area contributed by atoms with E-state index in [9.17, 15) is 14.0 Å². The van der Waals surface area contributed by atoms with Crippen molar-refractivity contribution in [1.82, 2.24) is 9.88 Å². The van der Waals surface area contributed by atoms with E-state index in [4.69, 9.17) is 4.98 Å². The molecule has 0 N–H and O–H groups in total. The van der Waals surface area contributed by atoms with Crippen molar-refractivity contribution in [3.8, 4) is 10.6 Å². The van der Waals surface area contributed by atoms with Crippen LogP contribution in [0.4, 0.5) is 15.8 Å². The highest BCUT2D eigenvalue weighted by molar-refractivity contribution is 7.21. The average molecular weight is 501 g/mol. The lowest BCUT2D eigenvalue weighted by Gasteiger charge is -2.38. The summed E-state index contributed by atoms with van der Waals surface area (Å²) in [5, 5.41) is 0.909. The first-order valence-corrected chi connectivity index (χ1v) is 12.9. The van der Waals surface area contributed by atoms with Crippen LogP contribution in [-0.4, -0.2) is 53.9 Å². The summed E-state index contributed by atoms with van der Waals surface area (Å²) in [5.41, 5.74) is 4.28. The summed E-state index contributed by atoms with van der Waals surface area (Å²) in [5.74, 6) is -0.624. The van der Waals surface area contributed by atoms with E-state index in [1.165, 1.54) is 16.5 Å². The average Bonchev–Trinajstić information content (AvgIpc) is 3.44. The second-order valence-electron chi connectivity index (χ2n) is 9.30. The topological polar surface area (TPSA) is 56.8 Å². The minimum absolute atomic E-state index is 0.164. The van der Waals surface area contributed by atoms with Crippen LogP contribution in [0.25, 0.3) is 20.8 Å². The molecule has 6 nitrogen and oxygen atoms in total. The van der Waals surface area contributed by atoms with E-state index >= 15 is 0 Å². The Bertz CT molecular complexity index is 1460. The maximum absolute atomic E-state index is 14.2. The fraction of sp³-hybridized carbons (Fsp3) is 0.250. The van der Waals surface area contributed by atoms with Crippen LogP contribution in [0, 0.1) is 12.7 Å². The standard InChI is InChI=1S/C28H25FN4O2S/c1-18-6-11-22-25(16-18)36-27(30-22)19-7-9-20(10-8-19)33-26(34)17-24(28(33)35)32-14-12-31(13-15-32)23-5-3-2-4-21(23)29/h2-11,16,24H,12-15,17H2,1H3. The molecule has 3 aromatic carbocycles. The van der Waals surface area contributed by atoms with Gasteiger partial charge in [-0.2, -0.15) is 0 Å². The number of anilines is 2. The SMILES string of the molecule is Cc1ccc2nc(-c3ccc(N4C(=O)CC(N5CCN(c6ccccc6F)CC5)C4=O)cc3)sc2c1. The molecule has 6 rings (SSSR count). The Morgan fingerprint density at radius 2 is 1.69 bits per heavy atom. The lowest BCUT2D eigenvalue weighted by atomic mass is 10.1. The number of benzene rings is 3. The lowest BCUT2D eigenvalue weighted by Crippen LogP contribution is -2.52. The number of rotatable bonds is 4. The van der Waals surface area contributed by atoms with Gasteiger partial charge in [0.2, 0.25) is 5.91 Å². The molecule has 0 saturated carbocycles. The molecule has 2 fully saturated rings. The number of thiazole rings is 1. The molecule has 8 heteroatoms. The first-order chi connectivity index (χ1) is 17.5. The third-order valence-corrected chi connectivity index (χ3v) is 8.05. The van der Waals surface area contributed by atoms with Crippen molar-refractivity contribution in [3.63, 3.8) is 0 Å². The Hall–Kier alpha value is -3.62. The first kappa shape index (κ1) is 22.8. The van der Waals surface area contributed by atoms with Gasteiger partial charge in [0.05, 0.1) is 34.1 Å². The van der Waals surface area contributed by atoms with Crippen LogP contribution >= 0.6 is 11.3 Å². The monoisotopic (exact) mass is 500 g/mol. The van der Waals surface area contributed by atoms with Crippen LogP contribution in [0.2, 0.25) is 0 Å². The molecular formula is C28H25FN4O2S. The van der Waals surface area contributed by atoms with E-state index in [1.54, 1.807) is 23.5 Å². The van der Waals surface area contributed by atoms with E-state index in [2.05, 4.69) is 24.0 Å². The van der Waals surface area contributed by atoms with Crippen molar-refractivity contribution in [2.24, 2.45) is 0 Å². The van der Waals surface area contributed by atoms with Gasteiger partial charge in [0.15, 0.2) is 0 Å². The molecule has 2 aliphatic heterocycles. The number of halogens is 1. The van der Waals surface area contributed by atoms with E-state index in [-0.39, 0.29) is 24.1 Å². The molecule has 1 unspecified atom stereocenters. The molecule has 0 radical (unpaired) electrons. The van der Waals surface area contributed by atoms with Crippen molar-refractivity contribution in [1.29, 1.82) is 0 Å². The second kappa shape index (κ2) is 9.11. The van der Waals surface area contributed by atoms with Gasteiger partial charge < -0.3 is 4.90 Å². The number of nitrogens with zero attached hydrogens (tertiary/aromatic N) is 4. The number of carbonyl (C=O) groups excluding carboxylic acids is 2. The number of aromatic nitrogens is 1. The Kier molecular flexibility index (Phi) is 5.78. The van der Waals surface area contributed by atoms with Crippen LogP contribution in [0.3, 0.4) is 0 Å². The lowest BCUT2D eigenvalue weighted by molar-refractivity contribution is -0.123. The molecule has 1 atom stereocenters. The number of hydrogen-bond acceptors (Lipinski definition) is 6. The predicted octanol–water partition coefficient (Wildman–Crippen LogP) is 4.86. The van der Waals surface area contributed by atoms with Gasteiger partial charge in [-0.05, 0) is 61.0 Å². The minimum atomic E-state index is -0.479. The summed E-state index contributed by atoms with van der Waals surface area (Å²) in [4.78, 5) is 36.3. The summed E-state index contributed by atoms with van der Waals surface area (Å²) in [7, 11) is 0. The third kappa shape index (κ3) is 4.06. The van der Waals surface area contributed by atoms with Crippen LogP contribution in [-0.2, 0) is 9.59 Å². The highest BCUT2D eigenvalue weighted by Crippen LogP contribution is 2.33. The number of aryl methyl sites for hydroxylation is 1. The fourth-order valence-electron chi connectivity index (χ4n) is 5.06. The van der Waals surface area contributed by atoms with Crippen LogP contribution in [0.15, 0.2) is 66.7 Å². The van der Waals surface area contributed by atoms with Gasteiger partial charge in [-0.1, -0.05) is 18.2 Å². The van der Waals surface area contributed by atoms with E-state index < -0.39 is 6.04 Å². The summed E-state index contributed by atoms with van der Waals surface area (Å²) in [6, 6.07) is 19.9. The van der Waals surface area contributed by atoms with Gasteiger partial charge in [0.25, 0.3) is 5.91 Å². The maximum atomic E-state index is 14.2. The van der Waals surface area contributed by atoms with Crippen molar-refractivity contribution in [3.05, 3.63) is 78.1 Å². The van der Waals surface area contributed by atoms with Crippen molar-refractivity contribution < 1.29 is 14.0 Å². The molecular weight excluding hydrogens is 475 g/mol. The molecule has 182 valence electrons. The number of hydrogen-bond donors (Lipinski definition) is 0. The summed E-state index contributed by atoms with van der Waals surface area (Å²) >= 11 is 1.63. The molecule has 3 heterocycles. The quantitative estimate of drug-likeness (QED) is 0.375. The number of carbonyl (C=O) groups is 2. The third-order valence-electron chi connectivity index (χ3n) is 6.99. The van der Waals surface area contributed by atoms with Crippen LogP contribution < -0.4 is 9.80 Å². The number of imide groups is 1. The van der Waals surface area contributed by atoms with Gasteiger partial charge >= 0.3 is 0 Å². The van der Waals surface area contributed by atoms with E-state index in [0.717, 1.165) is 20.8 Å². The Balaban J connectivity index is 1.15. The zero-order valence-electron chi connectivity index (χ0n) is 19.9. The normalized spacial score (nSPS) is 19.0. The zero-order chi connectivity index (χ0) is 24.8. The van der Waals surface area contributed by atoms with Gasteiger partial charge in [0, 0.05) is 31.7 Å². The summed E-state index contributed by atoms with van der Waals surface area (Å²) in [6.45, 7) is 4.47. The fourth-order valence-corrected chi connectivity index (χ4v) is 6.13. The van der Waals surface area contributed by atoms with Gasteiger partial charge in [-0.25, -0.2) is 14.3 Å². The Morgan fingerprint density at radius 1 is 0.944 bits per heavy atom. The van der Waals surface area contributed by atoms with Gasteiger partial charge in [-0.15, -0.1) is 11.3 Å². The van der Waals surface area contributed by atoms with Gasteiger partial charge in [0.1, 0.15) is 10.8 Å². The molecule has 2 aliphatic rings. The van der Waals surface area contributed by atoms with Crippen LogP contribution in [0.5, 0.6) is 0 Å². The second-order valence-corrected chi connectivity index (χ2v) is 10.3. The molecule has 4 aromatic rings. The van der Waals surface area contributed by atoms with Crippen LogP contribution in [0.1, 0.15) is 12.0 Å². The Morgan fingerprint density at radius 3 is 2.44 bits per heavy atom. The minimum Gasteiger partial charge on any atom is -0.367 e. The Labute approximate surface area is 212 Å². The molecule has 0 aliphatic carbocycles. The number of piperazine rings is 1. The zero-order valence-corrected chi connectivity index (χ0v) is 20.7. The number of amides is 2. The highest BCUT2D eigenvalue weighted by atomic mass is 32.1. The van der Waals surface area contributed by atoms with Gasteiger partial charge in [-0.3, -0.25) is 14.5 Å². The van der Waals surface area contributed by atoms with E-state index in [1.807, 2.05) is 41.3 Å². The van der Waals surface area contributed by atoms with Crippen molar-refractivity contribution >= 4 is 44.7 Å². The largest absolute Gasteiger partial charge is 0.367 e. The first-order valence-electron chi connectivity index (χ1n) is 12.1. The molecule has 36 heavy (non-hydrogen) atoms. The summed E-state index contributed by atoms with van der Waals surface area (Å²) in [6.07, 6.45) is 0.164.